The van der Waals surface area contributed by atoms with Crippen molar-refractivity contribution in [3.05, 3.63) is 35.4 Å². The van der Waals surface area contributed by atoms with Crippen molar-refractivity contribution < 1.29 is 9.59 Å². The third-order valence-corrected chi connectivity index (χ3v) is 4.32. The number of hydrogen-bond donors (Lipinski definition) is 2. The van der Waals surface area contributed by atoms with Crippen LogP contribution < -0.4 is 10.6 Å². The van der Waals surface area contributed by atoms with Gasteiger partial charge in [0.2, 0.25) is 11.8 Å². The van der Waals surface area contributed by atoms with Crippen LogP contribution in [0.2, 0.25) is 0 Å². The molecule has 0 fully saturated rings. The number of hydrogen-bond acceptors (Lipinski definition) is 2. The van der Waals surface area contributed by atoms with Gasteiger partial charge >= 0.3 is 0 Å². The predicted molar refractivity (Wildman–Crippen MR) is 87.6 cm³/mol. The van der Waals surface area contributed by atoms with Gasteiger partial charge in [-0.3, -0.25) is 9.59 Å². The Hall–Kier alpha value is -1.84. The summed E-state index contributed by atoms with van der Waals surface area (Å²) in [4.78, 5) is 23.6. The van der Waals surface area contributed by atoms with Crippen molar-refractivity contribution in [1.29, 1.82) is 0 Å². The van der Waals surface area contributed by atoms with Crippen LogP contribution in [0.25, 0.3) is 0 Å². The van der Waals surface area contributed by atoms with Crippen molar-refractivity contribution in [3.63, 3.8) is 0 Å². The summed E-state index contributed by atoms with van der Waals surface area (Å²) in [5, 5.41) is 5.76. The summed E-state index contributed by atoms with van der Waals surface area (Å²) in [6.45, 7) is 5.96. The van der Waals surface area contributed by atoms with Gasteiger partial charge < -0.3 is 10.6 Å². The van der Waals surface area contributed by atoms with Gasteiger partial charge in [-0.05, 0) is 36.3 Å². The van der Waals surface area contributed by atoms with Gasteiger partial charge in [0.05, 0.1) is 0 Å². The van der Waals surface area contributed by atoms with E-state index in [1.165, 1.54) is 18.1 Å². The zero-order valence-corrected chi connectivity index (χ0v) is 13.7. The molecule has 0 saturated heterocycles. The van der Waals surface area contributed by atoms with Crippen LogP contribution in [-0.4, -0.2) is 24.4 Å². The summed E-state index contributed by atoms with van der Waals surface area (Å²) >= 11 is 0. The van der Waals surface area contributed by atoms with E-state index in [0.717, 1.165) is 19.3 Å². The van der Waals surface area contributed by atoms with E-state index < -0.39 is 6.04 Å². The fraction of sp³-hybridized carbons (Fsp3) is 0.556. The zero-order chi connectivity index (χ0) is 16.1. The lowest BCUT2D eigenvalue weighted by atomic mass is 9.83. The monoisotopic (exact) mass is 302 g/mol. The van der Waals surface area contributed by atoms with Crippen molar-refractivity contribution in [3.8, 4) is 0 Å². The molecule has 2 atom stereocenters. The topological polar surface area (TPSA) is 58.2 Å². The Kier molecular flexibility index (Phi) is 5.58. The predicted octanol–water partition coefficient (Wildman–Crippen LogP) is 2.38. The van der Waals surface area contributed by atoms with Crippen molar-refractivity contribution in [2.24, 2.45) is 5.92 Å². The Balaban J connectivity index is 1.98. The average Bonchev–Trinajstić information content (AvgIpc) is 2.49. The lowest BCUT2D eigenvalue weighted by Crippen LogP contribution is -2.49. The van der Waals surface area contributed by atoms with E-state index in [-0.39, 0.29) is 17.7 Å². The molecule has 22 heavy (non-hydrogen) atoms. The van der Waals surface area contributed by atoms with Crippen LogP contribution in [0, 0.1) is 5.92 Å². The summed E-state index contributed by atoms with van der Waals surface area (Å²) in [6.07, 6.45) is 3.39. The van der Waals surface area contributed by atoms with Crippen LogP contribution >= 0.6 is 0 Å². The lowest BCUT2D eigenvalue weighted by molar-refractivity contribution is -0.129. The number of fused-ring (bicyclic) bond motifs is 1. The molecule has 0 saturated carbocycles. The smallest absolute Gasteiger partial charge is 0.242 e. The number of benzene rings is 1. The van der Waals surface area contributed by atoms with Gasteiger partial charge in [-0.1, -0.05) is 38.1 Å². The Bertz CT molecular complexity index is 540. The SMILES string of the molecule is CC(=O)NC(C(=O)NCC1CCCc2ccccc21)C(C)C. The molecule has 0 radical (unpaired) electrons. The molecule has 0 spiro atoms. The van der Waals surface area contributed by atoms with Gasteiger partial charge in [0.15, 0.2) is 0 Å². The van der Waals surface area contributed by atoms with E-state index in [4.69, 9.17) is 0 Å². The van der Waals surface area contributed by atoms with Crippen molar-refractivity contribution in [1.82, 2.24) is 10.6 Å². The van der Waals surface area contributed by atoms with E-state index in [2.05, 4.69) is 34.9 Å². The summed E-state index contributed by atoms with van der Waals surface area (Å²) in [7, 11) is 0. The molecule has 4 heteroatoms. The Morgan fingerprint density at radius 1 is 1.27 bits per heavy atom. The molecule has 0 aliphatic heterocycles. The van der Waals surface area contributed by atoms with Crippen LogP contribution in [0.5, 0.6) is 0 Å². The van der Waals surface area contributed by atoms with E-state index >= 15 is 0 Å². The molecule has 2 amide bonds. The van der Waals surface area contributed by atoms with Crippen LogP contribution in [0.3, 0.4) is 0 Å². The fourth-order valence-corrected chi connectivity index (χ4v) is 3.15. The van der Waals surface area contributed by atoms with E-state index in [1.54, 1.807) is 0 Å². The summed E-state index contributed by atoms with van der Waals surface area (Å²) in [5.74, 6) is 0.187. The second kappa shape index (κ2) is 7.43. The third-order valence-electron chi connectivity index (χ3n) is 4.32. The lowest BCUT2D eigenvalue weighted by Gasteiger charge is -2.27. The molecule has 2 unspecified atom stereocenters. The van der Waals surface area contributed by atoms with Gasteiger partial charge in [0.1, 0.15) is 6.04 Å². The first-order valence-corrected chi connectivity index (χ1v) is 8.11. The molecule has 120 valence electrons. The van der Waals surface area contributed by atoms with E-state index in [9.17, 15) is 9.59 Å². The maximum Gasteiger partial charge on any atom is 0.242 e. The van der Waals surface area contributed by atoms with Gasteiger partial charge in [0, 0.05) is 19.4 Å². The first-order valence-electron chi connectivity index (χ1n) is 8.11. The zero-order valence-electron chi connectivity index (χ0n) is 13.7. The molecule has 1 aromatic rings. The Morgan fingerprint density at radius 2 is 2.00 bits per heavy atom. The molecule has 4 nitrogen and oxygen atoms in total. The van der Waals surface area contributed by atoms with Crippen LogP contribution in [0.4, 0.5) is 0 Å². The van der Waals surface area contributed by atoms with Gasteiger partial charge in [0.25, 0.3) is 0 Å². The van der Waals surface area contributed by atoms with Gasteiger partial charge in [-0.25, -0.2) is 0 Å². The molecule has 2 N–H and O–H groups in total. The normalized spacial score (nSPS) is 18.5. The highest BCUT2D eigenvalue weighted by Gasteiger charge is 2.25. The number of aryl methyl sites for hydroxylation is 1. The molecule has 0 bridgehead atoms. The highest BCUT2D eigenvalue weighted by atomic mass is 16.2. The first-order chi connectivity index (χ1) is 10.5. The first kappa shape index (κ1) is 16.5. The third kappa shape index (κ3) is 4.09. The summed E-state index contributed by atoms with van der Waals surface area (Å²) in [5.41, 5.74) is 2.75. The van der Waals surface area contributed by atoms with Crippen LogP contribution in [-0.2, 0) is 16.0 Å². The standard InChI is InChI=1S/C18H26N2O2/c1-12(2)17(20-13(3)21)18(22)19-11-15-9-6-8-14-7-4-5-10-16(14)15/h4-5,7,10,12,15,17H,6,8-9,11H2,1-3H3,(H,19,22)(H,20,21). The average molecular weight is 302 g/mol. The minimum Gasteiger partial charge on any atom is -0.354 e. The largest absolute Gasteiger partial charge is 0.354 e. The molecule has 1 aliphatic carbocycles. The molecular formula is C18H26N2O2. The molecule has 1 aromatic carbocycles. The summed E-state index contributed by atoms with van der Waals surface area (Å²) < 4.78 is 0. The number of carbonyl (C=O) groups excluding carboxylic acids is 2. The minimum absolute atomic E-state index is 0.0718. The Morgan fingerprint density at radius 3 is 2.68 bits per heavy atom. The molecule has 1 aliphatic rings. The fourth-order valence-electron chi connectivity index (χ4n) is 3.15. The molecule has 2 rings (SSSR count). The number of rotatable bonds is 5. The quantitative estimate of drug-likeness (QED) is 0.877. The molecule has 0 aromatic heterocycles. The van der Waals surface area contributed by atoms with Gasteiger partial charge in [-0.15, -0.1) is 0 Å². The van der Waals surface area contributed by atoms with E-state index in [1.807, 2.05) is 13.8 Å². The number of amides is 2. The van der Waals surface area contributed by atoms with E-state index in [0.29, 0.717) is 12.5 Å². The van der Waals surface area contributed by atoms with Gasteiger partial charge in [-0.2, -0.15) is 0 Å². The van der Waals surface area contributed by atoms with Crippen molar-refractivity contribution in [2.75, 3.05) is 6.54 Å². The maximum absolute atomic E-state index is 12.3. The molecule has 0 heterocycles. The number of nitrogens with one attached hydrogen (secondary N) is 2. The summed E-state index contributed by atoms with van der Waals surface area (Å²) in [6, 6.07) is 8.02. The highest BCUT2D eigenvalue weighted by molar-refractivity contribution is 5.87. The highest BCUT2D eigenvalue weighted by Crippen LogP contribution is 2.30. The minimum atomic E-state index is -0.462. The van der Waals surface area contributed by atoms with Crippen LogP contribution in [0.15, 0.2) is 24.3 Å². The molecular weight excluding hydrogens is 276 g/mol. The van der Waals surface area contributed by atoms with Crippen LogP contribution in [0.1, 0.15) is 50.7 Å². The van der Waals surface area contributed by atoms with Crippen molar-refractivity contribution >= 4 is 11.8 Å². The maximum atomic E-state index is 12.3. The Labute approximate surface area is 132 Å². The number of carbonyl (C=O) groups is 2. The second-order valence-electron chi connectivity index (χ2n) is 6.46. The second-order valence-corrected chi connectivity index (χ2v) is 6.46. The van der Waals surface area contributed by atoms with Crippen molar-refractivity contribution in [2.45, 2.75) is 52.0 Å².